The molecule has 0 N–H and O–H groups in total. The molecular formula is C38H66O4. The Balaban J connectivity index is 4.28. The molecule has 0 aliphatic rings. The lowest BCUT2D eigenvalue weighted by atomic mass is 9.95. The maximum Gasteiger partial charge on any atom is 0.305 e. The first kappa shape index (κ1) is 39.9. The average Bonchev–Trinajstić information content (AvgIpc) is 2.99. The van der Waals surface area contributed by atoms with E-state index in [9.17, 15) is 9.59 Å². The molecular weight excluding hydrogens is 520 g/mol. The van der Waals surface area contributed by atoms with Crippen LogP contribution in [0.2, 0.25) is 0 Å². The third-order valence-electron chi connectivity index (χ3n) is 8.05. The molecule has 0 atom stereocenters. The minimum absolute atomic E-state index is 0.139. The van der Waals surface area contributed by atoms with Gasteiger partial charge in [0.25, 0.3) is 0 Å². The summed E-state index contributed by atoms with van der Waals surface area (Å²) in [6, 6.07) is 0. The first-order chi connectivity index (χ1) is 20.6. The molecule has 0 fully saturated rings. The van der Waals surface area contributed by atoms with Crippen LogP contribution in [0.15, 0.2) is 50.6 Å². The summed E-state index contributed by atoms with van der Waals surface area (Å²) >= 11 is 0. The number of hydrogen-bond donors (Lipinski definition) is 0. The van der Waals surface area contributed by atoms with Gasteiger partial charge in [-0.25, -0.2) is 0 Å². The molecule has 42 heavy (non-hydrogen) atoms. The largest absolute Gasteiger partial charge is 0.465 e. The zero-order valence-electron chi connectivity index (χ0n) is 27.3. The molecule has 0 saturated carbocycles. The number of unbranched alkanes of at least 4 members (excludes halogenated alkanes) is 13. The Morgan fingerprint density at radius 1 is 0.429 bits per heavy atom. The summed E-state index contributed by atoms with van der Waals surface area (Å²) in [4.78, 5) is 24.8. The van der Waals surface area contributed by atoms with E-state index in [1.807, 2.05) is 24.3 Å². The van der Waals surface area contributed by atoms with E-state index in [1.165, 1.54) is 77.0 Å². The van der Waals surface area contributed by atoms with E-state index < -0.39 is 0 Å². The van der Waals surface area contributed by atoms with Gasteiger partial charge in [0.2, 0.25) is 0 Å². The van der Waals surface area contributed by atoms with Gasteiger partial charge in [-0.1, -0.05) is 75.7 Å². The van der Waals surface area contributed by atoms with Crippen molar-refractivity contribution in [3.05, 3.63) is 50.6 Å². The summed E-state index contributed by atoms with van der Waals surface area (Å²) < 4.78 is 11.3. The molecule has 4 heteroatoms. The predicted octanol–water partition coefficient (Wildman–Crippen LogP) is 11.4. The Bertz CT molecular complexity index is 589. The van der Waals surface area contributed by atoms with Gasteiger partial charge in [0.1, 0.15) is 0 Å². The van der Waals surface area contributed by atoms with Gasteiger partial charge in [0, 0.05) is 12.8 Å². The van der Waals surface area contributed by atoms with Gasteiger partial charge in [-0.3, -0.25) is 9.59 Å². The highest BCUT2D eigenvalue weighted by Crippen LogP contribution is 2.21. The van der Waals surface area contributed by atoms with E-state index in [2.05, 4.69) is 26.3 Å². The highest BCUT2D eigenvalue weighted by atomic mass is 16.5. The summed E-state index contributed by atoms with van der Waals surface area (Å²) in [7, 11) is 0. The van der Waals surface area contributed by atoms with Gasteiger partial charge in [0.05, 0.1) is 13.2 Å². The van der Waals surface area contributed by atoms with Crippen molar-refractivity contribution in [2.75, 3.05) is 13.2 Å². The Hall–Kier alpha value is -2.10. The van der Waals surface area contributed by atoms with E-state index >= 15 is 0 Å². The fourth-order valence-corrected chi connectivity index (χ4v) is 5.32. The summed E-state index contributed by atoms with van der Waals surface area (Å²) in [5.41, 5.74) is 0. The van der Waals surface area contributed by atoms with Crippen molar-refractivity contribution >= 4 is 11.9 Å². The van der Waals surface area contributed by atoms with E-state index in [-0.39, 0.29) is 11.9 Å². The lowest BCUT2D eigenvalue weighted by Gasteiger charge is -2.17. The fourth-order valence-electron chi connectivity index (χ4n) is 5.32. The second kappa shape index (κ2) is 31.8. The van der Waals surface area contributed by atoms with Gasteiger partial charge >= 0.3 is 11.9 Å². The highest BCUT2D eigenvalue weighted by Gasteiger charge is 2.14. The molecule has 0 unspecified atom stereocenters. The van der Waals surface area contributed by atoms with Crippen LogP contribution in [0.25, 0.3) is 0 Å². The van der Waals surface area contributed by atoms with E-state index in [1.54, 1.807) is 0 Å². The SMILES string of the molecule is C=CCCCCCC(CCCCCC=C)COC(=O)CCCCC(=O)OCC(CCCCCC=C)CCCCCC=C. The molecule has 0 spiro atoms. The Labute approximate surface area is 260 Å². The monoisotopic (exact) mass is 586 g/mol. The van der Waals surface area contributed by atoms with Crippen LogP contribution < -0.4 is 0 Å². The van der Waals surface area contributed by atoms with E-state index in [0.29, 0.717) is 50.7 Å². The molecule has 242 valence electrons. The molecule has 4 nitrogen and oxygen atoms in total. The molecule has 0 aliphatic heterocycles. The third kappa shape index (κ3) is 28.0. The summed E-state index contributed by atoms with van der Waals surface area (Å²) in [5.74, 6) is 0.598. The zero-order valence-corrected chi connectivity index (χ0v) is 27.3. The van der Waals surface area contributed by atoms with Crippen LogP contribution >= 0.6 is 0 Å². The number of hydrogen-bond acceptors (Lipinski definition) is 4. The van der Waals surface area contributed by atoms with Crippen molar-refractivity contribution in [3.63, 3.8) is 0 Å². The molecule has 0 radical (unpaired) electrons. The summed E-state index contributed by atoms with van der Waals surface area (Å²) in [6.45, 7) is 16.3. The molecule has 0 heterocycles. The lowest BCUT2D eigenvalue weighted by molar-refractivity contribution is -0.147. The molecule has 0 rings (SSSR count). The number of esters is 2. The zero-order chi connectivity index (χ0) is 30.9. The van der Waals surface area contributed by atoms with Crippen LogP contribution in [-0.2, 0) is 19.1 Å². The van der Waals surface area contributed by atoms with Crippen molar-refractivity contribution in [1.29, 1.82) is 0 Å². The van der Waals surface area contributed by atoms with Gasteiger partial charge in [-0.05, 0) is 102 Å². The Kier molecular flexibility index (Phi) is 30.2. The van der Waals surface area contributed by atoms with Crippen LogP contribution in [-0.4, -0.2) is 25.2 Å². The van der Waals surface area contributed by atoms with Gasteiger partial charge < -0.3 is 9.47 Å². The fraction of sp³-hybridized carbons (Fsp3) is 0.737. The van der Waals surface area contributed by atoms with Crippen molar-refractivity contribution in [1.82, 2.24) is 0 Å². The highest BCUT2D eigenvalue weighted by molar-refractivity contribution is 5.70. The normalized spacial score (nSPS) is 11.0. The van der Waals surface area contributed by atoms with E-state index in [4.69, 9.17) is 9.47 Å². The standard InChI is InChI=1S/C38H66O4/c1-5-9-13-17-21-27-35(28-22-18-14-10-6-2)33-41-37(39)31-25-26-32-38(40)42-34-36(29-23-19-15-11-7-3)30-24-20-16-12-8-4/h5-8,35-36H,1-4,9-34H2. The van der Waals surface area contributed by atoms with Gasteiger partial charge in [-0.2, -0.15) is 0 Å². The summed E-state index contributed by atoms with van der Waals surface area (Å²) in [6.07, 6.45) is 33.0. The smallest absolute Gasteiger partial charge is 0.305 e. The second-order valence-corrected chi connectivity index (χ2v) is 12.0. The molecule has 0 aromatic heterocycles. The number of ether oxygens (including phenoxy) is 2. The molecule has 0 saturated heterocycles. The topological polar surface area (TPSA) is 52.6 Å². The van der Waals surface area contributed by atoms with Crippen molar-refractivity contribution in [2.45, 2.75) is 154 Å². The first-order valence-corrected chi connectivity index (χ1v) is 17.3. The number of carbonyl (C=O) groups excluding carboxylic acids is 2. The summed E-state index contributed by atoms with van der Waals surface area (Å²) in [5, 5.41) is 0. The maximum absolute atomic E-state index is 12.4. The van der Waals surface area contributed by atoms with E-state index in [0.717, 1.165) is 51.4 Å². The second-order valence-electron chi connectivity index (χ2n) is 12.0. The molecule has 0 amide bonds. The minimum atomic E-state index is -0.139. The van der Waals surface area contributed by atoms with Crippen molar-refractivity contribution in [2.24, 2.45) is 11.8 Å². The molecule has 0 aromatic rings. The van der Waals surface area contributed by atoms with Crippen molar-refractivity contribution in [3.8, 4) is 0 Å². The molecule has 0 bridgehead atoms. The Morgan fingerprint density at radius 2 is 0.714 bits per heavy atom. The average molecular weight is 587 g/mol. The minimum Gasteiger partial charge on any atom is -0.465 e. The lowest BCUT2D eigenvalue weighted by Crippen LogP contribution is -2.15. The first-order valence-electron chi connectivity index (χ1n) is 17.3. The van der Waals surface area contributed by atoms with Crippen molar-refractivity contribution < 1.29 is 19.1 Å². The van der Waals surface area contributed by atoms with Gasteiger partial charge in [0.15, 0.2) is 0 Å². The van der Waals surface area contributed by atoms with Gasteiger partial charge in [-0.15, -0.1) is 26.3 Å². The maximum atomic E-state index is 12.4. The molecule has 0 aliphatic carbocycles. The number of allylic oxidation sites excluding steroid dienone is 4. The number of carbonyl (C=O) groups is 2. The number of rotatable bonds is 33. The van der Waals surface area contributed by atoms with Crippen LogP contribution in [0.3, 0.4) is 0 Å². The molecule has 0 aromatic carbocycles. The Morgan fingerprint density at radius 3 is 0.976 bits per heavy atom. The van der Waals surface area contributed by atoms with Crippen LogP contribution in [0, 0.1) is 11.8 Å². The van der Waals surface area contributed by atoms with Crippen LogP contribution in [0.4, 0.5) is 0 Å². The van der Waals surface area contributed by atoms with Crippen LogP contribution in [0.5, 0.6) is 0 Å². The third-order valence-corrected chi connectivity index (χ3v) is 8.05. The quantitative estimate of drug-likeness (QED) is 0.0436. The van der Waals surface area contributed by atoms with Crippen LogP contribution in [0.1, 0.15) is 154 Å². The predicted molar refractivity (Wildman–Crippen MR) is 180 cm³/mol.